The van der Waals surface area contributed by atoms with E-state index in [0.717, 1.165) is 31.4 Å². The number of carbonyl (C=O) groups is 2. The maximum atomic E-state index is 12.1. The van der Waals surface area contributed by atoms with Gasteiger partial charge in [-0.1, -0.05) is 26.2 Å². The summed E-state index contributed by atoms with van der Waals surface area (Å²) in [6.45, 7) is 2.56. The Morgan fingerprint density at radius 2 is 1.67 bits per heavy atom. The van der Waals surface area contributed by atoms with Crippen molar-refractivity contribution in [1.82, 2.24) is 5.32 Å². The number of nitrogens with two attached hydrogens (primary N) is 1. The van der Waals surface area contributed by atoms with Gasteiger partial charge in [0.15, 0.2) is 6.61 Å². The van der Waals surface area contributed by atoms with Crippen molar-refractivity contribution < 1.29 is 19.1 Å². The van der Waals surface area contributed by atoms with Crippen LogP contribution in [0.25, 0.3) is 0 Å². The van der Waals surface area contributed by atoms with Crippen molar-refractivity contribution in [2.45, 2.75) is 51.0 Å². The molecule has 0 bridgehead atoms. The molecule has 1 saturated carbocycles. The van der Waals surface area contributed by atoms with Crippen LogP contribution >= 0.6 is 0 Å². The molecule has 1 aliphatic rings. The molecule has 0 atom stereocenters. The zero-order valence-corrected chi connectivity index (χ0v) is 14.2. The van der Waals surface area contributed by atoms with Crippen LogP contribution in [0.3, 0.4) is 0 Å². The van der Waals surface area contributed by atoms with E-state index in [0.29, 0.717) is 25.2 Å². The lowest BCUT2D eigenvalue weighted by atomic mass is 9.81. The Kier molecular flexibility index (Phi) is 6.46. The first-order chi connectivity index (χ1) is 11.6. The molecule has 0 aromatic heterocycles. The second-order valence-corrected chi connectivity index (χ2v) is 6.16. The molecule has 0 spiro atoms. The van der Waals surface area contributed by atoms with Gasteiger partial charge in [-0.25, -0.2) is 0 Å². The second-order valence-electron chi connectivity index (χ2n) is 6.16. The Labute approximate surface area is 142 Å². The quantitative estimate of drug-likeness (QED) is 0.762. The molecule has 0 saturated heterocycles. The van der Waals surface area contributed by atoms with Crippen molar-refractivity contribution in [3.63, 3.8) is 0 Å². The van der Waals surface area contributed by atoms with Crippen LogP contribution in [-0.4, -0.2) is 30.6 Å². The van der Waals surface area contributed by atoms with Crippen LogP contribution in [0.1, 0.15) is 45.4 Å². The van der Waals surface area contributed by atoms with Gasteiger partial charge in [0.25, 0.3) is 5.91 Å². The number of nitrogens with one attached hydrogen (secondary N) is 1. The van der Waals surface area contributed by atoms with E-state index in [4.69, 9.17) is 15.2 Å². The number of benzene rings is 1. The van der Waals surface area contributed by atoms with Crippen LogP contribution in [0.2, 0.25) is 0 Å². The highest BCUT2D eigenvalue weighted by Crippen LogP contribution is 2.28. The molecule has 1 aliphatic carbocycles. The Morgan fingerprint density at radius 3 is 2.21 bits per heavy atom. The zero-order valence-electron chi connectivity index (χ0n) is 14.2. The van der Waals surface area contributed by atoms with Crippen molar-refractivity contribution in [3.05, 3.63) is 24.3 Å². The minimum atomic E-state index is -0.920. The van der Waals surface area contributed by atoms with E-state index in [2.05, 4.69) is 5.32 Å². The van der Waals surface area contributed by atoms with E-state index in [9.17, 15) is 9.59 Å². The van der Waals surface area contributed by atoms with Crippen molar-refractivity contribution in [2.75, 3.05) is 13.2 Å². The predicted octanol–water partition coefficient (Wildman–Crippen LogP) is 2.16. The Morgan fingerprint density at radius 1 is 1.08 bits per heavy atom. The van der Waals surface area contributed by atoms with Gasteiger partial charge >= 0.3 is 0 Å². The van der Waals surface area contributed by atoms with Crippen molar-refractivity contribution in [1.29, 1.82) is 0 Å². The lowest BCUT2D eigenvalue weighted by Crippen LogP contribution is -2.59. The molecule has 6 nitrogen and oxygen atoms in total. The SMILES string of the molecule is CCCOc1ccc(OCC(=O)NC2(C(N)=O)CCCCC2)cc1. The summed E-state index contributed by atoms with van der Waals surface area (Å²) >= 11 is 0. The standard InChI is InChI=1S/C18H26N2O4/c1-2-12-23-14-6-8-15(9-7-14)24-13-16(21)20-18(17(19)22)10-4-3-5-11-18/h6-9H,2-5,10-13H2,1H3,(H2,19,22)(H,20,21). The normalized spacial score (nSPS) is 16.2. The predicted molar refractivity (Wildman–Crippen MR) is 90.9 cm³/mol. The highest BCUT2D eigenvalue weighted by atomic mass is 16.5. The second kappa shape index (κ2) is 8.57. The summed E-state index contributed by atoms with van der Waals surface area (Å²) in [6, 6.07) is 7.11. The number of ether oxygens (including phenoxy) is 2. The highest BCUT2D eigenvalue weighted by Gasteiger charge is 2.39. The Hall–Kier alpha value is -2.24. The molecule has 1 fully saturated rings. The largest absolute Gasteiger partial charge is 0.494 e. The van der Waals surface area contributed by atoms with Crippen LogP contribution < -0.4 is 20.5 Å². The summed E-state index contributed by atoms with van der Waals surface area (Å²) in [5.74, 6) is 0.546. The van der Waals surface area contributed by atoms with E-state index < -0.39 is 11.4 Å². The molecule has 24 heavy (non-hydrogen) atoms. The van der Waals surface area contributed by atoms with Gasteiger partial charge in [-0.15, -0.1) is 0 Å². The fraction of sp³-hybridized carbons (Fsp3) is 0.556. The summed E-state index contributed by atoms with van der Waals surface area (Å²) in [7, 11) is 0. The summed E-state index contributed by atoms with van der Waals surface area (Å²) in [5, 5.41) is 2.78. The topological polar surface area (TPSA) is 90.7 Å². The third kappa shape index (κ3) is 4.88. The Balaban J connectivity index is 1.84. The van der Waals surface area contributed by atoms with Crippen molar-refractivity contribution in [2.24, 2.45) is 5.73 Å². The number of primary amides is 1. The van der Waals surface area contributed by atoms with Crippen LogP contribution in [0.4, 0.5) is 0 Å². The first-order valence-electron chi connectivity index (χ1n) is 8.52. The number of hydrogen-bond donors (Lipinski definition) is 2. The van der Waals surface area contributed by atoms with Crippen LogP contribution in [-0.2, 0) is 9.59 Å². The minimum absolute atomic E-state index is 0.149. The molecule has 2 amide bonds. The molecule has 0 radical (unpaired) electrons. The average Bonchev–Trinajstić information content (AvgIpc) is 2.59. The first kappa shape index (κ1) is 18.1. The van der Waals surface area contributed by atoms with Crippen molar-refractivity contribution >= 4 is 11.8 Å². The van der Waals surface area contributed by atoms with E-state index in [-0.39, 0.29) is 12.5 Å². The summed E-state index contributed by atoms with van der Waals surface area (Å²) < 4.78 is 11.0. The van der Waals surface area contributed by atoms with Crippen LogP contribution in [0, 0.1) is 0 Å². The highest BCUT2D eigenvalue weighted by molar-refractivity contribution is 5.91. The molecule has 0 unspecified atom stereocenters. The molecular formula is C18H26N2O4. The minimum Gasteiger partial charge on any atom is -0.494 e. The third-order valence-corrected chi connectivity index (χ3v) is 4.22. The van der Waals surface area contributed by atoms with Crippen molar-refractivity contribution in [3.8, 4) is 11.5 Å². The van der Waals surface area contributed by atoms with Gasteiger partial charge in [0.05, 0.1) is 6.61 Å². The van der Waals surface area contributed by atoms with Crippen LogP contribution in [0.5, 0.6) is 11.5 Å². The molecule has 1 aromatic rings. The Bertz CT molecular complexity index is 551. The number of carbonyl (C=O) groups excluding carboxylic acids is 2. The fourth-order valence-corrected chi connectivity index (χ4v) is 2.89. The van der Waals surface area contributed by atoms with Gasteiger partial charge in [0.1, 0.15) is 17.0 Å². The molecule has 1 aromatic carbocycles. The summed E-state index contributed by atoms with van der Waals surface area (Å²) in [6.07, 6.45) is 4.98. The van der Waals surface area contributed by atoms with E-state index in [1.807, 2.05) is 6.92 Å². The lowest BCUT2D eigenvalue weighted by Gasteiger charge is -2.35. The summed E-state index contributed by atoms with van der Waals surface area (Å²) in [5.41, 5.74) is 4.59. The van der Waals surface area contributed by atoms with Gasteiger partial charge in [0.2, 0.25) is 5.91 Å². The van der Waals surface area contributed by atoms with Gasteiger partial charge in [0, 0.05) is 0 Å². The maximum absolute atomic E-state index is 12.1. The third-order valence-electron chi connectivity index (χ3n) is 4.22. The number of hydrogen-bond acceptors (Lipinski definition) is 4. The van der Waals surface area contributed by atoms with E-state index in [1.54, 1.807) is 24.3 Å². The molecule has 0 heterocycles. The molecule has 6 heteroatoms. The maximum Gasteiger partial charge on any atom is 0.258 e. The average molecular weight is 334 g/mol. The fourth-order valence-electron chi connectivity index (χ4n) is 2.89. The van der Waals surface area contributed by atoms with Gasteiger partial charge in [-0.2, -0.15) is 0 Å². The molecule has 2 rings (SSSR count). The lowest BCUT2D eigenvalue weighted by molar-refractivity contribution is -0.133. The molecule has 3 N–H and O–H groups in total. The number of rotatable bonds is 8. The summed E-state index contributed by atoms with van der Waals surface area (Å²) in [4.78, 5) is 23.9. The van der Waals surface area contributed by atoms with Gasteiger partial charge < -0.3 is 20.5 Å². The molecule has 132 valence electrons. The van der Waals surface area contributed by atoms with Gasteiger partial charge in [-0.3, -0.25) is 9.59 Å². The molecule has 0 aliphatic heterocycles. The van der Waals surface area contributed by atoms with E-state index in [1.165, 1.54) is 0 Å². The zero-order chi connectivity index (χ0) is 17.4. The van der Waals surface area contributed by atoms with Crippen LogP contribution in [0.15, 0.2) is 24.3 Å². The number of amides is 2. The molecular weight excluding hydrogens is 308 g/mol. The smallest absolute Gasteiger partial charge is 0.258 e. The monoisotopic (exact) mass is 334 g/mol. The first-order valence-corrected chi connectivity index (χ1v) is 8.52. The van der Waals surface area contributed by atoms with E-state index >= 15 is 0 Å². The van der Waals surface area contributed by atoms with Gasteiger partial charge in [-0.05, 0) is 43.5 Å².